The molecule has 3 N–H and O–H groups in total. The summed E-state index contributed by atoms with van der Waals surface area (Å²) in [4.78, 5) is 40.6. The zero-order chi connectivity index (χ0) is 22.1. The lowest BCUT2D eigenvalue weighted by molar-refractivity contribution is -0.124. The minimum Gasteiger partial charge on any atom is -0.348 e. The van der Waals surface area contributed by atoms with Gasteiger partial charge in [-0.25, -0.2) is 0 Å². The molecular formula is C23H28ClN3O3. The Morgan fingerprint density at radius 3 is 2.43 bits per heavy atom. The highest BCUT2D eigenvalue weighted by molar-refractivity contribution is 6.31. The summed E-state index contributed by atoms with van der Waals surface area (Å²) < 4.78 is 0. The number of H-pyrrole nitrogens is 1. The number of benzene rings is 1. The molecule has 1 aliphatic carbocycles. The van der Waals surface area contributed by atoms with E-state index < -0.39 is 0 Å². The van der Waals surface area contributed by atoms with E-state index in [-0.39, 0.29) is 29.3 Å². The van der Waals surface area contributed by atoms with Crippen molar-refractivity contribution in [2.24, 2.45) is 5.41 Å². The number of aromatic amines is 1. The van der Waals surface area contributed by atoms with Crippen LogP contribution in [0.3, 0.4) is 0 Å². The summed E-state index contributed by atoms with van der Waals surface area (Å²) >= 11 is 6.24. The van der Waals surface area contributed by atoms with Crippen molar-refractivity contribution in [3.05, 3.63) is 61.5 Å². The molecule has 0 saturated heterocycles. The number of amides is 2. The van der Waals surface area contributed by atoms with Gasteiger partial charge in [-0.15, -0.1) is 0 Å². The molecular weight excluding hydrogens is 402 g/mol. The average Bonchev–Trinajstić information content (AvgIpc) is 3.11. The van der Waals surface area contributed by atoms with Gasteiger partial charge in [-0.2, -0.15) is 0 Å². The molecule has 7 heteroatoms. The van der Waals surface area contributed by atoms with Crippen LogP contribution in [0.15, 0.2) is 23.0 Å². The maximum absolute atomic E-state index is 12.8. The Hall–Kier alpha value is -2.60. The molecule has 0 bridgehead atoms. The van der Waals surface area contributed by atoms with E-state index in [0.29, 0.717) is 27.4 Å². The largest absolute Gasteiger partial charge is 0.348 e. The average molecular weight is 430 g/mol. The fourth-order valence-corrected chi connectivity index (χ4v) is 4.28. The van der Waals surface area contributed by atoms with Gasteiger partial charge < -0.3 is 15.6 Å². The fourth-order valence-electron chi connectivity index (χ4n) is 4.07. The van der Waals surface area contributed by atoms with E-state index in [2.05, 4.69) is 15.6 Å². The summed E-state index contributed by atoms with van der Waals surface area (Å²) in [6.45, 7) is 7.51. The van der Waals surface area contributed by atoms with Crippen LogP contribution in [0.5, 0.6) is 0 Å². The first kappa shape index (κ1) is 22.1. The molecule has 3 rings (SSSR count). The monoisotopic (exact) mass is 429 g/mol. The maximum Gasteiger partial charge on any atom is 0.253 e. The molecule has 1 heterocycles. The van der Waals surface area contributed by atoms with Crippen molar-refractivity contribution in [1.29, 1.82) is 0 Å². The molecule has 30 heavy (non-hydrogen) atoms. The van der Waals surface area contributed by atoms with Gasteiger partial charge in [0, 0.05) is 39.5 Å². The highest BCUT2D eigenvalue weighted by Gasteiger charge is 2.36. The number of carbonyl (C=O) groups is 2. The third-order valence-corrected chi connectivity index (χ3v) is 6.26. The standard InChI is InChI=1S/C23H28ClN3O3/c1-13-9-14(2)26-21(29)18(13)12-25-20(28)17-10-16(24)11-19(15(17)3)27-22(30)23(4)7-5-6-8-23/h9-11H,5-8,12H2,1-4H3,(H,25,28)(H,26,29)(H,27,30). The molecule has 1 fully saturated rings. The number of aromatic nitrogens is 1. The zero-order valence-corrected chi connectivity index (χ0v) is 18.6. The highest BCUT2D eigenvalue weighted by Crippen LogP contribution is 2.39. The lowest BCUT2D eigenvalue weighted by atomic mass is 9.87. The Bertz CT molecular complexity index is 1050. The van der Waals surface area contributed by atoms with Gasteiger partial charge in [0.25, 0.3) is 11.5 Å². The van der Waals surface area contributed by atoms with E-state index in [1.54, 1.807) is 19.1 Å². The van der Waals surface area contributed by atoms with Crippen LogP contribution < -0.4 is 16.2 Å². The lowest BCUT2D eigenvalue weighted by Gasteiger charge is -2.23. The van der Waals surface area contributed by atoms with E-state index in [9.17, 15) is 14.4 Å². The number of hydrogen-bond acceptors (Lipinski definition) is 3. The summed E-state index contributed by atoms with van der Waals surface area (Å²) in [5, 5.41) is 6.13. The van der Waals surface area contributed by atoms with Gasteiger partial charge in [0.15, 0.2) is 0 Å². The maximum atomic E-state index is 12.8. The van der Waals surface area contributed by atoms with Crippen LogP contribution in [0, 0.1) is 26.2 Å². The van der Waals surface area contributed by atoms with Crippen molar-refractivity contribution in [2.45, 2.75) is 59.9 Å². The second kappa shape index (κ2) is 8.64. The summed E-state index contributed by atoms with van der Waals surface area (Å²) in [5.74, 6) is -0.393. The predicted molar refractivity (Wildman–Crippen MR) is 119 cm³/mol. The Kier molecular flexibility index (Phi) is 6.36. The number of carbonyl (C=O) groups excluding carboxylic acids is 2. The molecule has 160 valence electrons. The van der Waals surface area contributed by atoms with Crippen molar-refractivity contribution in [1.82, 2.24) is 10.3 Å². The van der Waals surface area contributed by atoms with Crippen LogP contribution in [-0.4, -0.2) is 16.8 Å². The van der Waals surface area contributed by atoms with Crippen molar-refractivity contribution in [2.75, 3.05) is 5.32 Å². The van der Waals surface area contributed by atoms with Crippen LogP contribution in [0.25, 0.3) is 0 Å². The Morgan fingerprint density at radius 2 is 1.80 bits per heavy atom. The first-order valence-corrected chi connectivity index (χ1v) is 10.6. The molecule has 2 amide bonds. The van der Waals surface area contributed by atoms with Gasteiger partial charge in [-0.05, 0) is 62.9 Å². The van der Waals surface area contributed by atoms with E-state index in [1.807, 2.05) is 26.8 Å². The lowest BCUT2D eigenvalue weighted by Crippen LogP contribution is -2.31. The minimum absolute atomic E-state index is 0.0430. The number of halogens is 1. The molecule has 0 atom stereocenters. The quantitative estimate of drug-likeness (QED) is 0.657. The number of aryl methyl sites for hydroxylation is 2. The van der Waals surface area contributed by atoms with Gasteiger partial charge in [0.2, 0.25) is 5.91 Å². The van der Waals surface area contributed by atoms with E-state index in [4.69, 9.17) is 11.6 Å². The second-order valence-electron chi connectivity index (χ2n) is 8.47. The molecule has 1 aliphatic rings. The van der Waals surface area contributed by atoms with Gasteiger partial charge in [0.1, 0.15) is 0 Å². The molecule has 1 aromatic carbocycles. The molecule has 0 aliphatic heterocycles. The molecule has 0 radical (unpaired) electrons. The Balaban J connectivity index is 1.80. The highest BCUT2D eigenvalue weighted by atomic mass is 35.5. The van der Waals surface area contributed by atoms with Crippen molar-refractivity contribution < 1.29 is 9.59 Å². The zero-order valence-electron chi connectivity index (χ0n) is 17.9. The Labute approximate surface area is 181 Å². The normalized spacial score (nSPS) is 15.1. The predicted octanol–water partition coefficient (Wildman–Crippen LogP) is 4.40. The van der Waals surface area contributed by atoms with Crippen molar-refractivity contribution >= 4 is 29.1 Å². The topological polar surface area (TPSA) is 91.1 Å². The van der Waals surface area contributed by atoms with Gasteiger partial charge in [-0.1, -0.05) is 31.4 Å². The SMILES string of the molecule is Cc1cc(C)c(CNC(=O)c2cc(Cl)cc(NC(=O)C3(C)CCCC3)c2C)c(=O)[nH]1. The molecule has 1 saturated carbocycles. The third kappa shape index (κ3) is 4.59. The van der Waals surface area contributed by atoms with Gasteiger partial charge >= 0.3 is 0 Å². The van der Waals surface area contributed by atoms with Gasteiger partial charge in [-0.3, -0.25) is 14.4 Å². The second-order valence-corrected chi connectivity index (χ2v) is 8.91. The van der Waals surface area contributed by atoms with E-state index >= 15 is 0 Å². The first-order valence-electron chi connectivity index (χ1n) is 10.2. The first-order chi connectivity index (χ1) is 14.1. The molecule has 1 aromatic heterocycles. The van der Waals surface area contributed by atoms with Crippen molar-refractivity contribution in [3.63, 3.8) is 0 Å². The van der Waals surface area contributed by atoms with E-state index in [1.165, 1.54) is 0 Å². The number of anilines is 1. The van der Waals surface area contributed by atoms with Crippen LogP contribution in [0.1, 0.15) is 65.3 Å². The number of hydrogen-bond donors (Lipinski definition) is 3. The molecule has 0 unspecified atom stereocenters. The van der Waals surface area contributed by atoms with Crippen LogP contribution >= 0.6 is 11.6 Å². The Morgan fingerprint density at radius 1 is 1.13 bits per heavy atom. The summed E-state index contributed by atoms with van der Waals surface area (Å²) in [5.41, 5.74) is 3.05. The van der Waals surface area contributed by atoms with Crippen LogP contribution in [-0.2, 0) is 11.3 Å². The van der Waals surface area contributed by atoms with Gasteiger partial charge in [0.05, 0.1) is 0 Å². The number of nitrogens with one attached hydrogen (secondary N) is 3. The van der Waals surface area contributed by atoms with Crippen LogP contribution in [0.4, 0.5) is 5.69 Å². The summed E-state index contributed by atoms with van der Waals surface area (Å²) in [6, 6.07) is 5.11. The molecule has 2 aromatic rings. The van der Waals surface area contributed by atoms with Crippen molar-refractivity contribution in [3.8, 4) is 0 Å². The summed E-state index contributed by atoms with van der Waals surface area (Å²) in [6.07, 6.45) is 3.81. The fraction of sp³-hybridized carbons (Fsp3) is 0.435. The molecule has 6 nitrogen and oxygen atoms in total. The smallest absolute Gasteiger partial charge is 0.253 e. The third-order valence-electron chi connectivity index (χ3n) is 6.04. The number of rotatable bonds is 5. The van der Waals surface area contributed by atoms with Crippen LogP contribution in [0.2, 0.25) is 5.02 Å². The minimum atomic E-state index is -0.388. The van der Waals surface area contributed by atoms with E-state index in [0.717, 1.165) is 36.9 Å². The molecule has 0 spiro atoms. The number of pyridine rings is 1. The summed E-state index contributed by atoms with van der Waals surface area (Å²) in [7, 11) is 0.